The van der Waals surface area contributed by atoms with Crippen molar-refractivity contribution in [3.05, 3.63) is 90.3 Å². The molecule has 1 saturated heterocycles. The largest absolute Gasteiger partial charge is 0.497 e. The van der Waals surface area contributed by atoms with Crippen LogP contribution in [0.3, 0.4) is 0 Å². The van der Waals surface area contributed by atoms with Crippen molar-refractivity contribution in [3.8, 4) is 34.1 Å². The molecule has 6 nitrogen and oxygen atoms in total. The summed E-state index contributed by atoms with van der Waals surface area (Å²) >= 11 is 0. The van der Waals surface area contributed by atoms with E-state index < -0.39 is 0 Å². The van der Waals surface area contributed by atoms with Crippen molar-refractivity contribution < 1.29 is 18.6 Å². The molecule has 186 valence electrons. The number of methoxy groups -OCH3 is 1. The van der Waals surface area contributed by atoms with Gasteiger partial charge in [-0.05, 0) is 80.0 Å². The molecule has 0 saturated carbocycles. The van der Waals surface area contributed by atoms with Gasteiger partial charge in [-0.1, -0.05) is 30.3 Å². The molecule has 3 aromatic carbocycles. The molecule has 4 aromatic rings. The normalized spacial score (nSPS) is 14.0. The lowest BCUT2D eigenvalue weighted by atomic mass is 9.98. The smallest absolute Gasteiger partial charge is 0.198 e. The van der Waals surface area contributed by atoms with E-state index in [0.717, 1.165) is 71.5 Å². The molecule has 5 rings (SSSR count). The molecule has 36 heavy (non-hydrogen) atoms. The lowest BCUT2D eigenvalue weighted by Crippen LogP contribution is -2.26. The molecule has 2 heterocycles. The minimum absolute atomic E-state index is 0.329. The van der Waals surface area contributed by atoms with E-state index >= 15 is 0 Å². The van der Waals surface area contributed by atoms with Crippen molar-refractivity contribution in [3.63, 3.8) is 0 Å². The first kappa shape index (κ1) is 24.1. The number of benzene rings is 3. The van der Waals surface area contributed by atoms with Crippen molar-refractivity contribution in [2.75, 3.05) is 33.4 Å². The highest BCUT2D eigenvalue weighted by Crippen LogP contribution is 2.37. The molecule has 0 bridgehead atoms. The van der Waals surface area contributed by atoms with Crippen LogP contribution in [0.2, 0.25) is 0 Å². The summed E-state index contributed by atoms with van der Waals surface area (Å²) in [4.78, 5) is 4.97. The molecule has 1 aliphatic rings. The van der Waals surface area contributed by atoms with Gasteiger partial charge in [0.2, 0.25) is 0 Å². The lowest BCUT2D eigenvalue weighted by Gasteiger charge is -2.19. The average molecular weight is 485 g/mol. The van der Waals surface area contributed by atoms with E-state index in [1.807, 2.05) is 66.7 Å². The van der Waals surface area contributed by atoms with E-state index in [1.54, 1.807) is 7.11 Å². The molecule has 0 radical (unpaired) electrons. The van der Waals surface area contributed by atoms with Crippen molar-refractivity contribution in [2.45, 2.75) is 25.4 Å². The predicted molar refractivity (Wildman–Crippen MR) is 140 cm³/mol. The Bertz CT molecular complexity index is 1210. The first-order valence-electron chi connectivity index (χ1n) is 12.5. The highest BCUT2D eigenvalue weighted by atomic mass is 16.5. The Kier molecular flexibility index (Phi) is 7.96. The molecule has 1 fully saturated rings. The van der Waals surface area contributed by atoms with Gasteiger partial charge in [-0.25, -0.2) is 4.98 Å². The van der Waals surface area contributed by atoms with Crippen LogP contribution < -0.4 is 14.8 Å². The van der Waals surface area contributed by atoms with Gasteiger partial charge in [-0.15, -0.1) is 0 Å². The van der Waals surface area contributed by atoms with Gasteiger partial charge in [-0.3, -0.25) is 0 Å². The highest BCUT2D eigenvalue weighted by Gasteiger charge is 2.24. The van der Waals surface area contributed by atoms with Gasteiger partial charge in [0.05, 0.1) is 20.3 Å². The van der Waals surface area contributed by atoms with Crippen LogP contribution in [0.25, 0.3) is 22.6 Å². The molecule has 1 N–H and O–H groups in total. The quantitative estimate of drug-likeness (QED) is 0.275. The predicted octanol–water partition coefficient (Wildman–Crippen LogP) is 6.08. The second-order valence-corrected chi connectivity index (χ2v) is 8.89. The molecule has 1 aliphatic heterocycles. The van der Waals surface area contributed by atoms with E-state index in [-0.39, 0.29) is 0 Å². The summed E-state index contributed by atoms with van der Waals surface area (Å²) in [7, 11) is 1.67. The van der Waals surface area contributed by atoms with E-state index in [4.69, 9.17) is 23.6 Å². The lowest BCUT2D eigenvalue weighted by molar-refractivity contribution is 0.0889. The summed E-state index contributed by atoms with van der Waals surface area (Å²) in [5.41, 5.74) is 3.99. The minimum Gasteiger partial charge on any atom is -0.497 e. The number of nitrogens with zero attached hydrogens (tertiary/aromatic N) is 1. The summed E-state index contributed by atoms with van der Waals surface area (Å²) in [6.07, 6.45) is 2.06. The van der Waals surface area contributed by atoms with Crippen molar-refractivity contribution in [2.24, 2.45) is 0 Å². The van der Waals surface area contributed by atoms with Gasteiger partial charge in [0.1, 0.15) is 23.8 Å². The average Bonchev–Trinajstić information content (AvgIpc) is 3.40. The van der Waals surface area contributed by atoms with Gasteiger partial charge in [0, 0.05) is 17.0 Å². The second kappa shape index (κ2) is 11.9. The molecule has 0 atom stereocenters. The van der Waals surface area contributed by atoms with Crippen molar-refractivity contribution in [1.82, 2.24) is 10.3 Å². The maximum Gasteiger partial charge on any atom is 0.198 e. The van der Waals surface area contributed by atoms with Crippen LogP contribution in [-0.4, -0.2) is 38.4 Å². The van der Waals surface area contributed by atoms with E-state index in [9.17, 15) is 0 Å². The zero-order valence-corrected chi connectivity index (χ0v) is 20.6. The molecule has 1 aromatic heterocycles. The number of nitrogens with one attached hydrogen (secondary N) is 1. The van der Waals surface area contributed by atoms with E-state index in [0.29, 0.717) is 25.7 Å². The van der Waals surface area contributed by atoms with Crippen LogP contribution in [0, 0.1) is 0 Å². The fourth-order valence-electron chi connectivity index (χ4n) is 4.41. The summed E-state index contributed by atoms with van der Waals surface area (Å²) in [6.45, 7) is 3.58. The number of oxazole rings is 1. The van der Waals surface area contributed by atoms with Crippen LogP contribution in [0.1, 0.15) is 30.2 Å². The third kappa shape index (κ3) is 5.96. The summed E-state index contributed by atoms with van der Waals surface area (Å²) in [6, 6.07) is 26.1. The number of hydrogen-bond donors (Lipinski definition) is 1. The third-order valence-corrected chi connectivity index (χ3v) is 6.42. The number of piperidine rings is 1. The first-order chi connectivity index (χ1) is 17.8. The molecular formula is C30H32N2O4. The van der Waals surface area contributed by atoms with E-state index in [1.165, 1.54) is 0 Å². The Balaban J connectivity index is 1.28. The Morgan fingerprint density at radius 3 is 2.25 bits per heavy atom. The Labute approximate surface area is 212 Å². The van der Waals surface area contributed by atoms with Crippen LogP contribution in [0.4, 0.5) is 0 Å². The Morgan fingerprint density at radius 1 is 0.833 bits per heavy atom. The van der Waals surface area contributed by atoms with Crippen LogP contribution in [-0.2, 0) is 11.3 Å². The summed E-state index contributed by atoms with van der Waals surface area (Å²) < 4.78 is 23.3. The molecule has 0 amide bonds. The van der Waals surface area contributed by atoms with Crippen LogP contribution in [0.15, 0.2) is 83.3 Å². The first-order valence-corrected chi connectivity index (χ1v) is 12.5. The zero-order valence-electron chi connectivity index (χ0n) is 20.6. The third-order valence-electron chi connectivity index (χ3n) is 6.42. The standard InChI is InChI=1S/C30H32N2O4/c1-33-26-11-7-23(8-12-26)28-29(36-30(32-28)25-15-17-31-18-16-25)24-9-13-27(14-10-24)35-20-19-34-21-22-5-3-2-4-6-22/h2-14,25,31H,15-21H2,1H3. The number of ether oxygens (including phenoxy) is 3. The molecule has 0 spiro atoms. The highest BCUT2D eigenvalue weighted by molar-refractivity contribution is 5.77. The van der Waals surface area contributed by atoms with Gasteiger partial charge < -0.3 is 23.9 Å². The monoisotopic (exact) mass is 484 g/mol. The Hall–Kier alpha value is -3.61. The van der Waals surface area contributed by atoms with Gasteiger partial charge in [0.15, 0.2) is 11.7 Å². The topological polar surface area (TPSA) is 65.8 Å². The van der Waals surface area contributed by atoms with Crippen molar-refractivity contribution >= 4 is 0 Å². The second-order valence-electron chi connectivity index (χ2n) is 8.89. The molecule has 0 aliphatic carbocycles. The van der Waals surface area contributed by atoms with Gasteiger partial charge >= 0.3 is 0 Å². The molecule has 0 unspecified atom stereocenters. The summed E-state index contributed by atoms with van der Waals surface area (Å²) in [5.74, 6) is 3.54. The zero-order chi connectivity index (χ0) is 24.6. The SMILES string of the molecule is COc1ccc(-c2nc(C3CCNCC3)oc2-c2ccc(OCCOCc3ccccc3)cc2)cc1. The molecular weight excluding hydrogens is 452 g/mol. The number of hydrogen-bond acceptors (Lipinski definition) is 6. The molecule has 6 heteroatoms. The maximum absolute atomic E-state index is 6.42. The number of rotatable bonds is 10. The van der Waals surface area contributed by atoms with Crippen molar-refractivity contribution in [1.29, 1.82) is 0 Å². The Morgan fingerprint density at radius 2 is 1.53 bits per heavy atom. The van der Waals surface area contributed by atoms with E-state index in [2.05, 4.69) is 17.4 Å². The minimum atomic E-state index is 0.329. The van der Waals surface area contributed by atoms with Crippen LogP contribution >= 0.6 is 0 Å². The van der Waals surface area contributed by atoms with Gasteiger partial charge in [-0.2, -0.15) is 0 Å². The number of aromatic nitrogens is 1. The summed E-state index contributed by atoms with van der Waals surface area (Å²) in [5, 5.41) is 3.41. The fourth-order valence-corrected chi connectivity index (χ4v) is 4.41. The maximum atomic E-state index is 6.42. The van der Waals surface area contributed by atoms with Gasteiger partial charge in [0.25, 0.3) is 0 Å². The van der Waals surface area contributed by atoms with Crippen LogP contribution in [0.5, 0.6) is 11.5 Å². The fraction of sp³-hybridized carbons (Fsp3) is 0.300.